The van der Waals surface area contributed by atoms with Gasteiger partial charge in [-0.3, -0.25) is 0 Å². The first-order valence-corrected chi connectivity index (χ1v) is 17.7. The Balaban J connectivity index is 1.05. The van der Waals surface area contributed by atoms with E-state index in [1.807, 2.05) is 12.1 Å². The lowest BCUT2D eigenvalue weighted by Crippen LogP contribution is -1.94. The van der Waals surface area contributed by atoms with E-state index < -0.39 is 0 Å². The van der Waals surface area contributed by atoms with Gasteiger partial charge in [0.15, 0.2) is 5.58 Å². The lowest BCUT2D eigenvalue weighted by molar-refractivity contribution is 0.666. The standard InChI is InChI=1S/C48H28N2O2/c1-5-15-40-32(10-1)33-11-2-6-16-41(33)49(40)31-22-25-47-39(28-31)36-14-9-18-44(48(36)52-47)50-42-17-7-3-12-34(42)37-26-29(20-23-43(37)50)30-21-24-46-38(27-30)35-13-4-8-19-45(35)51-46/h1-28H. The summed E-state index contributed by atoms with van der Waals surface area (Å²) in [5, 5.41) is 9.37. The molecule has 0 spiro atoms. The Morgan fingerprint density at radius 3 is 1.60 bits per heavy atom. The first-order valence-electron chi connectivity index (χ1n) is 17.7. The molecule has 242 valence electrons. The highest BCUT2D eigenvalue weighted by Crippen LogP contribution is 2.41. The number of fused-ring (bicyclic) bond motifs is 12. The monoisotopic (exact) mass is 664 g/mol. The van der Waals surface area contributed by atoms with Gasteiger partial charge in [-0.25, -0.2) is 0 Å². The largest absolute Gasteiger partial charge is 0.456 e. The Morgan fingerprint density at radius 2 is 0.827 bits per heavy atom. The maximum Gasteiger partial charge on any atom is 0.159 e. The van der Waals surface area contributed by atoms with Crippen LogP contribution in [0.4, 0.5) is 0 Å². The fourth-order valence-electron chi connectivity index (χ4n) is 8.61. The first kappa shape index (κ1) is 27.7. The van der Waals surface area contributed by atoms with Crippen LogP contribution >= 0.6 is 0 Å². The molecular formula is C48H28N2O2. The van der Waals surface area contributed by atoms with E-state index in [0.717, 1.165) is 71.8 Å². The van der Waals surface area contributed by atoms with Crippen LogP contribution in [0.2, 0.25) is 0 Å². The predicted molar refractivity (Wildman–Crippen MR) is 215 cm³/mol. The van der Waals surface area contributed by atoms with Crippen molar-refractivity contribution >= 4 is 87.5 Å². The highest BCUT2D eigenvalue weighted by atomic mass is 16.3. The Labute approximate surface area is 296 Å². The van der Waals surface area contributed by atoms with Crippen LogP contribution in [0.1, 0.15) is 0 Å². The molecule has 0 aliphatic heterocycles. The van der Waals surface area contributed by atoms with Crippen molar-refractivity contribution in [1.29, 1.82) is 0 Å². The third kappa shape index (κ3) is 3.75. The summed E-state index contributed by atoms with van der Waals surface area (Å²) in [5.41, 5.74) is 12.7. The predicted octanol–water partition coefficient (Wildman–Crippen LogP) is 13.3. The molecular weight excluding hydrogens is 637 g/mol. The Kier molecular flexibility index (Phi) is 5.47. The summed E-state index contributed by atoms with van der Waals surface area (Å²) in [7, 11) is 0. The number of aromatic nitrogens is 2. The van der Waals surface area contributed by atoms with Gasteiger partial charge in [-0.2, -0.15) is 0 Å². The molecule has 4 heteroatoms. The lowest BCUT2D eigenvalue weighted by atomic mass is 10.0. The molecule has 0 aliphatic rings. The van der Waals surface area contributed by atoms with Crippen molar-refractivity contribution in [1.82, 2.24) is 9.13 Å². The molecule has 0 saturated heterocycles. The zero-order valence-corrected chi connectivity index (χ0v) is 27.9. The summed E-state index contributed by atoms with van der Waals surface area (Å²) in [6, 6.07) is 60.6. The maximum absolute atomic E-state index is 6.77. The summed E-state index contributed by atoms with van der Waals surface area (Å²) in [5.74, 6) is 0. The van der Waals surface area contributed by atoms with Gasteiger partial charge in [-0.15, -0.1) is 0 Å². The van der Waals surface area contributed by atoms with E-state index in [0.29, 0.717) is 0 Å². The number of para-hydroxylation sites is 5. The average molecular weight is 665 g/mol. The topological polar surface area (TPSA) is 36.1 Å². The molecule has 0 amide bonds. The van der Waals surface area contributed by atoms with Crippen molar-refractivity contribution < 1.29 is 8.83 Å². The molecule has 0 aliphatic carbocycles. The van der Waals surface area contributed by atoms with Crippen LogP contribution in [0.15, 0.2) is 179 Å². The lowest BCUT2D eigenvalue weighted by Gasteiger charge is -2.09. The molecule has 12 rings (SSSR count). The number of benzene rings is 8. The van der Waals surface area contributed by atoms with E-state index in [9.17, 15) is 0 Å². The third-order valence-electron chi connectivity index (χ3n) is 10.9. The van der Waals surface area contributed by atoms with Crippen LogP contribution < -0.4 is 0 Å². The van der Waals surface area contributed by atoms with Crippen LogP contribution in [0.25, 0.3) is 110 Å². The van der Waals surface area contributed by atoms with Gasteiger partial charge in [-0.05, 0) is 83.9 Å². The van der Waals surface area contributed by atoms with Gasteiger partial charge in [0.05, 0.1) is 27.8 Å². The second-order valence-electron chi connectivity index (χ2n) is 13.7. The van der Waals surface area contributed by atoms with Gasteiger partial charge >= 0.3 is 0 Å². The molecule has 0 bridgehead atoms. The average Bonchev–Trinajstić information content (AvgIpc) is 3.95. The summed E-state index contributed by atoms with van der Waals surface area (Å²) in [6.45, 7) is 0. The van der Waals surface area contributed by atoms with Gasteiger partial charge in [0, 0.05) is 48.8 Å². The molecule has 8 aromatic carbocycles. The summed E-state index contributed by atoms with van der Waals surface area (Å²) >= 11 is 0. The third-order valence-corrected chi connectivity index (χ3v) is 10.9. The Bertz CT molecular complexity index is 3370. The molecule has 52 heavy (non-hydrogen) atoms. The van der Waals surface area contributed by atoms with E-state index in [4.69, 9.17) is 8.83 Å². The fraction of sp³-hybridized carbons (Fsp3) is 0. The van der Waals surface area contributed by atoms with Crippen LogP contribution in [-0.2, 0) is 0 Å². The zero-order chi connectivity index (χ0) is 33.9. The summed E-state index contributed by atoms with van der Waals surface area (Å²) in [6.07, 6.45) is 0. The summed E-state index contributed by atoms with van der Waals surface area (Å²) in [4.78, 5) is 0. The molecule has 0 fully saturated rings. The summed E-state index contributed by atoms with van der Waals surface area (Å²) < 4.78 is 17.6. The second-order valence-corrected chi connectivity index (χ2v) is 13.7. The highest BCUT2D eigenvalue weighted by Gasteiger charge is 2.20. The molecule has 0 atom stereocenters. The molecule has 12 aromatic rings. The van der Waals surface area contributed by atoms with Crippen LogP contribution in [0, 0.1) is 0 Å². The van der Waals surface area contributed by atoms with Crippen molar-refractivity contribution in [3.63, 3.8) is 0 Å². The Hall–Kier alpha value is -7.04. The van der Waals surface area contributed by atoms with Gasteiger partial charge in [0.2, 0.25) is 0 Å². The molecule has 4 aromatic heterocycles. The SMILES string of the molecule is c1ccc2c(c1)oc1ccc(-c3ccc4c(c3)c3ccccc3n4-c3cccc4c3oc3ccc(-n5c6ccccc6c6ccccc65)cc34)cc12. The fourth-order valence-corrected chi connectivity index (χ4v) is 8.61. The van der Waals surface area contributed by atoms with Crippen molar-refractivity contribution in [3.05, 3.63) is 170 Å². The van der Waals surface area contributed by atoms with Crippen molar-refractivity contribution in [3.8, 4) is 22.5 Å². The van der Waals surface area contributed by atoms with Crippen LogP contribution in [0.5, 0.6) is 0 Å². The highest BCUT2D eigenvalue weighted by molar-refractivity contribution is 6.15. The van der Waals surface area contributed by atoms with Gasteiger partial charge in [0.25, 0.3) is 0 Å². The van der Waals surface area contributed by atoms with E-state index >= 15 is 0 Å². The van der Waals surface area contributed by atoms with E-state index in [1.54, 1.807) is 0 Å². The number of rotatable bonds is 3. The van der Waals surface area contributed by atoms with Gasteiger partial charge in [-0.1, -0.05) is 97.1 Å². The van der Waals surface area contributed by atoms with Crippen LogP contribution in [0.3, 0.4) is 0 Å². The normalized spacial score (nSPS) is 12.2. The molecule has 0 radical (unpaired) electrons. The maximum atomic E-state index is 6.77. The van der Waals surface area contributed by atoms with Crippen molar-refractivity contribution in [2.24, 2.45) is 0 Å². The number of furan rings is 2. The number of hydrogen-bond donors (Lipinski definition) is 0. The van der Waals surface area contributed by atoms with Crippen molar-refractivity contribution in [2.75, 3.05) is 0 Å². The molecule has 0 saturated carbocycles. The number of nitrogens with zero attached hydrogens (tertiary/aromatic N) is 2. The van der Waals surface area contributed by atoms with E-state index in [1.165, 1.54) is 38.1 Å². The smallest absolute Gasteiger partial charge is 0.159 e. The second kappa shape index (κ2) is 10.3. The van der Waals surface area contributed by atoms with Gasteiger partial charge < -0.3 is 18.0 Å². The first-order chi connectivity index (χ1) is 25.8. The van der Waals surface area contributed by atoms with E-state index in [2.05, 4.69) is 167 Å². The molecule has 4 nitrogen and oxygen atoms in total. The zero-order valence-electron chi connectivity index (χ0n) is 27.9. The molecule has 4 heterocycles. The Morgan fingerprint density at radius 1 is 0.308 bits per heavy atom. The molecule has 0 unspecified atom stereocenters. The van der Waals surface area contributed by atoms with Gasteiger partial charge in [0.1, 0.15) is 16.7 Å². The minimum absolute atomic E-state index is 0.872. The van der Waals surface area contributed by atoms with Crippen molar-refractivity contribution in [2.45, 2.75) is 0 Å². The number of hydrogen-bond acceptors (Lipinski definition) is 2. The van der Waals surface area contributed by atoms with Crippen LogP contribution in [-0.4, -0.2) is 9.13 Å². The minimum atomic E-state index is 0.872. The molecule has 0 N–H and O–H groups in total. The quantitative estimate of drug-likeness (QED) is 0.188. The minimum Gasteiger partial charge on any atom is -0.456 e. The van der Waals surface area contributed by atoms with E-state index in [-0.39, 0.29) is 0 Å².